The first-order valence-corrected chi connectivity index (χ1v) is 9.71. The molecular weight excluding hydrogens is 352 g/mol. The van der Waals surface area contributed by atoms with E-state index in [1.807, 2.05) is 64.9 Å². The number of para-hydroxylation sites is 2. The summed E-state index contributed by atoms with van der Waals surface area (Å²) in [5, 5.41) is 2.97. The number of hydrogen-bond acceptors (Lipinski definition) is 3. The molecule has 1 aliphatic rings. The van der Waals surface area contributed by atoms with Gasteiger partial charge < -0.3 is 14.8 Å². The summed E-state index contributed by atoms with van der Waals surface area (Å²) >= 11 is 0. The van der Waals surface area contributed by atoms with Crippen molar-refractivity contribution < 1.29 is 9.59 Å². The predicted octanol–water partition coefficient (Wildman–Crippen LogP) is 3.15. The summed E-state index contributed by atoms with van der Waals surface area (Å²) in [6.07, 6.45) is 3.87. The average Bonchev–Trinajstić information content (AvgIpc) is 3.41. The minimum atomic E-state index is -0.358. The van der Waals surface area contributed by atoms with Crippen molar-refractivity contribution >= 4 is 22.8 Å². The van der Waals surface area contributed by atoms with Gasteiger partial charge in [-0.15, -0.1) is 0 Å². The molecular formula is C22H24N4O2. The van der Waals surface area contributed by atoms with Crippen LogP contribution in [0.5, 0.6) is 0 Å². The third kappa shape index (κ3) is 3.63. The molecule has 0 radical (unpaired) electrons. The van der Waals surface area contributed by atoms with Crippen molar-refractivity contribution in [2.75, 3.05) is 13.1 Å². The van der Waals surface area contributed by atoms with Gasteiger partial charge in [-0.1, -0.05) is 24.3 Å². The Morgan fingerprint density at radius 1 is 1.07 bits per heavy atom. The van der Waals surface area contributed by atoms with Crippen molar-refractivity contribution in [3.63, 3.8) is 0 Å². The molecule has 6 heteroatoms. The Morgan fingerprint density at radius 3 is 2.54 bits per heavy atom. The van der Waals surface area contributed by atoms with Crippen molar-refractivity contribution in [3.05, 3.63) is 66.0 Å². The Hall–Kier alpha value is -3.15. The number of nitrogens with one attached hydrogen (secondary N) is 1. The highest BCUT2D eigenvalue weighted by atomic mass is 16.2. The molecule has 1 aliphatic heterocycles. The zero-order chi connectivity index (χ0) is 19.5. The van der Waals surface area contributed by atoms with Crippen molar-refractivity contribution in [1.29, 1.82) is 0 Å². The zero-order valence-electron chi connectivity index (χ0n) is 16.0. The fourth-order valence-electron chi connectivity index (χ4n) is 3.62. The van der Waals surface area contributed by atoms with Crippen molar-refractivity contribution in [2.45, 2.75) is 32.4 Å². The van der Waals surface area contributed by atoms with E-state index >= 15 is 0 Å². The molecule has 1 atom stereocenters. The number of aromatic nitrogens is 2. The fraction of sp³-hybridized carbons (Fsp3) is 0.318. The third-order valence-corrected chi connectivity index (χ3v) is 5.34. The van der Waals surface area contributed by atoms with E-state index in [1.165, 1.54) is 0 Å². The van der Waals surface area contributed by atoms with Gasteiger partial charge in [0.2, 0.25) is 5.91 Å². The van der Waals surface area contributed by atoms with Crippen LogP contribution in [0.15, 0.2) is 54.9 Å². The van der Waals surface area contributed by atoms with Crippen molar-refractivity contribution in [2.24, 2.45) is 0 Å². The zero-order valence-corrected chi connectivity index (χ0v) is 16.0. The van der Waals surface area contributed by atoms with Gasteiger partial charge in [-0.2, -0.15) is 0 Å². The van der Waals surface area contributed by atoms with Crippen LogP contribution >= 0.6 is 0 Å². The van der Waals surface area contributed by atoms with Crippen LogP contribution in [-0.2, 0) is 11.3 Å². The lowest BCUT2D eigenvalue weighted by Gasteiger charge is -2.16. The molecule has 3 aromatic rings. The molecule has 0 spiro atoms. The van der Waals surface area contributed by atoms with Crippen LogP contribution in [-0.4, -0.2) is 39.4 Å². The summed E-state index contributed by atoms with van der Waals surface area (Å²) < 4.78 is 1.88. The van der Waals surface area contributed by atoms with Crippen LogP contribution in [0.3, 0.4) is 0 Å². The minimum Gasteiger partial charge on any atom is -0.350 e. The molecule has 144 valence electrons. The number of benzene rings is 2. The third-order valence-electron chi connectivity index (χ3n) is 5.34. The number of amides is 2. The Balaban J connectivity index is 1.37. The summed E-state index contributed by atoms with van der Waals surface area (Å²) in [7, 11) is 0. The molecule has 2 amide bonds. The van der Waals surface area contributed by atoms with E-state index in [0.29, 0.717) is 12.1 Å². The summed E-state index contributed by atoms with van der Waals surface area (Å²) in [4.78, 5) is 31.2. The molecule has 28 heavy (non-hydrogen) atoms. The normalized spacial score (nSPS) is 15.0. The van der Waals surface area contributed by atoms with E-state index < -0.39 is 0 Å². The van der Waals surface area contributed by atoms with Gasteiger partial charge in [0, 0.05) is 25.2 Å². The smallest absolute Gasteiger partial charge is 0.253 e. The van der Waals surface area contributed by atoms with E-state index in [9.17, 15) is 9.59 Å². The lowest BCUT2D eigenvalue weighted by atomic mass is 10.1. The molecule has 2 heterocycles. The number of carbonyl (C=O) groups is 2. The van der Waals surface area contributed by atoms with Gasteiger partial charge in [-0.25, -0.2) is 4.98 Å². The highest BCUT2D eigenvalue weighted by Gasteiger charge is 2.19. The van der Waals surface area contributed by atoms with E-state index in [-0.39, 0.29) is 17.9 Å². The van der Waals surface area contributed by atoms with Crippen molar-refractivity contribution in [1.82, 2.24) is 19.8 Å². The Bertz CT molecular complexity index is 987. The van der Waals surface area contributed by atoms with Crippen LogP contribution in [0.2, 0.25) is 0 Å². The molecule has 1 fully saturated rings. The van der Waals surface area contributed by atoms with Crippen molar-refractivity contribution in [3.8, 4) is 0 Å². The second-order valence-corrected chi connectivity index (χ2v) is 7.23. The maximum atomic E-state index is 12.6. The first kappa shape index (κ1) is 18.2. The number of nitrogens with zero attached hydrogens (tertiary/aromatic N) is 3. The lowest BCUT2D eigenvalue weighted by Crippen LogP contribution is -2.30. The summed E-state index contributed by atoms with van der Waals surface area (Å²) in [6.45, 7) is 3.98. The Morgan fingerprint density at radius 2 is 1.79 bits per heavy atom. The first-order chi connectivity index (χ1) is 13.6. The Labute approximate surface area is 164 Å². The van der Waals surface area contributed by atoms with Gasteiger partial charge in [-0.05, 0) is 49.6 Å². The topological polar surface area (TPSA) is 67.2 Å². The number of carbonyl (C=O) groups excluding carboxylic acids is 2. The fourth-order valence-corrected chi connectivity index (χ4v) is 3.62. The molecule has 1 saturated heterocycles. The number of fused-ring (bicyclic) bond motifs is 1. The maximum Gasteiger partial charge on any atom is 0.253 e. The molecule has 1 N–H and O–H groups in total. The van der Waals surface area contributed by atoms with E-state index in [4.69, 9.17) is 0 Å². The summed E-state index contributed by atoms with van der Waals surface area (Å²) in [5.74, 6) is 0.0223. The number of rotatable bonds is 5. The van der Waals surface area contributed by atoms with Gasteiger partial charge >= 0.3 is 0 Å². The first-order valence-electron chi connectivity index (χ1n) is 9.71. The average molecular weight is 376 g/mol. The van der Waals surface area contributed by atoms with Crippen LogP contribution < -0.4 is 5.32 Å². The van der Waals surface area contributed by atoms with Gasteiger partial charge in [0.05, 0.1) is 17.4 Å². The van der Waals surface area contributed by atoms with E-state index in [0.717, 1.165) is 42.5 Å². The van der Waals surface area contributed by atoms with Gasteiger partial charge in [0.1, 0.15) is 6.04 Å². The summed E-state index contributed by atoms with van der Waals surface area (Å²) in [5.41, 5.74) is 3.49. The summed E-state index contributed by atoms with van der Waals surface area (Å²) in [6, 6.07) is 14.9. The van der Waals surface area contributed by atoms with E-state index in [1.54, 1.807) is 6.33 Å². The maximum absolute atomic E-state index is 12.6. The molecule has 2 aromatic carbocycles. The monoisotopic (exact) mass is 376 g/mol. The quantitative estimate of drug-likeness (QED) is 0.744. The SMILES string of the molecule is CC(C(=O)NCc1ccc(C(=O)N2CCCC2)cc1)n1cnc2ccccc21. The molecule has 0 saturated carbocycles. The van der Waals surface area contributed by atoms with Crippen LogP contribution in [0.25, 0.3) is 11.0 Å². The standard InChI is InChI=1S/C22H24N4O2/c1-16(26-15-24-19-6-2-3-7-20(19)26)21(27)23-14-17-8-10-18(11-9-17)22(28)25-12-4-5-13-25/h2-3,6-11,15-16H,4-5,12-14H2,1H3,(H,23,27). The highest BCUT2D eigenvalue weighted by molar-refractivity contribution is 5.94. The number of likely N-dealkylation sites (tertiary alicyclic amines) is 1. The molecule has 1 unspecified atom stereocenters. The predicted molar refractivity (Wildman–Crippen MR) is 108 cm³/mol. The number of hydrogen-bond donors (Lipinski definition) is 1. The molecule has 0 aliphatic carbocycles. The molecule has 6 nitrogen and oxygen atoms in total. The second-order valence-electron chi connectivity index (χ2n) is 7.23. The van der Waals surface area contributed by atoms with Gasteiger partial charge in [0.25, 0.3) is 5.91 Å². The largest absolute Gasteiger partial charge is 0.350 e. The highest BCUT2D eigenvalue weighted by Crippen LogP contribution is 2.18. The van der Waals surface area contributed by atoms with Crippen LogP contribution in [0.1, 0.15) is 41.7 Å². The van der Waals surface area contributed by atoms with E-state index in [2.05, 4.69) is 10.3 Å². The van der Waals surface area contributed by atoms with Gasteiger partial charge in [-0.3, -0.25) is 9.59 Å². The van der Waals surface area contributed by atoms with Gasteiger partial charge in [0.15, 0.2) is 0 Å². The Kier molecular flexibility index (Phi) is 5.10. The lowest BCUT2D eigenvalue weighted by molar-refractivity contribution is -0.123. The van der Waals surface area contributed by atoms with Crippen LogP contribution in [0.4, 0.5) is 0 Å². The molecule has 4 rings (SSSR count). The van der Waals surface area contributed by atoms with Crippen LogP contribution in [0, 0.1) is 0 Å². The number of imidazole rings is 1. The molecule has 0 bridgehead atoms. The second kappa shape index (κ2) is 7.84. The molecule has 1 aromatic heterocycles. The minimum absolute atomic E-state index is 0.0691.